The topological polar surface area (TPSA) is 125 Å². The normalized spacial score (nSPS) is 14.2. The van der Waals surface area contributed by atoms with E-state index in [0.29, 0.717) is 11.1 Å². The summed E-state index contributed by atoms with van der Waals surface area (Å²) in [5, 5.41) is 26.3. The Kier molecular flexibility index (Phi) is 7.26. The molecule has 0 unspecified atom stereocenters. The van der Waals surface area contributed by atoms with Gasteiger partial charge < -0.3 is 14.9 Å². The summed E-state index contributed by atoms with van der Waals surface area (Å²) in [6.45, 7) is 0. The Balaban J connectivity index is 0.000000345. The zero-order valence-corrected chi connectivity index (χ0v) is 15.1. The van der Waals surface area contributed by atoms with Crippen LogP contribution in [0.3, 0.4) is 0 Å². The first-order valence-electron chi connectivity index (χ1n) is 8.05. The molecule has 1 aliphatic rings. The second-order valence-corrected chi connectivity index (χ2v) is 6.75. The molecular formula is C16H16F3N3O5S. The molecule has 3 N–H and O–H groups in total. The highest BCUT2D eigenvalue weighted by Gasteiger charge is 2.38. The van der Waals surface area contributed by atoms with Crippen molar-refractivity contribution >= 4 is 23.7 Å². The summed E-state index contributed by atoms with van der Waals surface area (Å²) in [6.07, 6.45) is -0.139. The van der Waals surface area contributed by atoms with E-state index in [1.165, 1.54) is 24.6 Å². The van der Waals surface area contributed by atoms with Crippen molar-refractivity contribution in [3.63, 3.8) is 0 Å². The predicted octanol–water partition coefficient (Wildman–Crippen LogP) is 3.61. The number of aliphatic carboxylic acids is 1. The Labute approximate surface area is 161 Å². The van der Waals surface area contributed by atoms with E-state index in [-0.39, 0.29) is 5.69 Å². The zero-order valence-electron chi connectivity index (χ0n) is 14.3. The van der Waals surface area contributed by atoms with E-state index in [9.17, 15) is 18.0 Å². The van der Waals surface area contributed by atoms with Crippen LogP contribution in [0.1, 0.15) is 36.2 Å². The first-order chi connectivity index (χ1) is 13.2. The fraction of sp³-hybridized carbons (Fsp3) is 0.375. The van der Waals surface area contributed by atoms with Gasteiger partial charge in [-0.1, -0.05) is 17.8 Å². The van der Waals surface area contributed by atoms with Crippen LogP contribution in [0.15, 0.2) is 34.2 Å². The van der Waals surface area contributed by atoms with Gasteiger partial charge in [0.15, 0.2) is 5.03 Å². The molecule has 3 rings (SSSR count). The van der Waals surface area contributed by atoms with Gasteiger partial charge in [-0.15, -0.1) is 10.2 Å². The number of alkyl halides is 3. The number of rotatable bonds is 5. The highest BCUT2D eigenvalue weighted by atomic mass is 32.2. The lowest BCUT2D eigenvalue weighted by atomic mass is 10.3. The summed E-state index contributed by atoms with van der Waals surface area (Å²) in [5.41, 5.74) is -0.0675. The number of nitrogens with one attached hydrogen (secondary N) is 1. The van der Waals surface area contributed by atoms with Crippen LogP contribution in [0.4, 0.5) is 13.2 Å². The maximum Gasteiger partial charge on any atom is 0.490 e. The van der Waals surface area contributed by atoms with Crippen molar-refractivity contribution in [2.24, 2.45) is 0 Å². The molecule has 0 atom stereocenters. The summed E-state index contributed by atoms with van der Waals surface area (Å²) in [5.74, 6) is -3.04. The minimum Gasteiger partial charge on any atom is -0.490 e. The Bertz CT molecular complexity index is 822. The molecule has 2 aromatic rings. The molecule has 0 amide bonds. The second-order valence-electron chi connectivity index (χ2n) is 5.69. The summed E-state index contributed by atoms with van der Waals surface area (Å²) in [6, 6.07) is 7.62. The molecule has 1 saturated carbocycles. The summed E-state index contributed by atoms with van der Waals surface area (Å²) in [4.78, 5) is 20.8. The van der Waals surface area contributed by atoms with Gasteiger partial charge in [0, 0.05) is 4.90 Å². The number of carbonyl (C=O) groups is 2. The predicted molar refractivity (Wildman–Crippen MR) is 90.5 cm³/mol. The van der Waals surface area contributed by atoms with Crippen LogP contribution in [-0.2, 0) is 4.79 Å². The van der Waals surface area contributed by atoms with E-state index < -0.39 is 18.1 Å². The Morgan fingerprint density at radius 3 is 2.39 bits per heavy atom. The third kappa shape index (κ3) is 6.44. The average molecular weight is 419 g/mol. The fourth-order valence-electron chi connectivity index (χ4n) is 2.35. The van der Waals surface area contributed by atoms with Crippen molar-refractivity contribution in [2.45, 2.75) is 47.9 Å². The van der Waals surface area contributed by atoms with Crippen molar-refractivity contribution in [3.05, 3.63) is 30.0 Å². The number of carboxylic acid groups (broad SMARTS) is 2. The monoisotopic (exact) mass is 419 g/mol. The van der Waals surface area contributed by atoms with Gasteiger partial charge >= 0.3 is 18.1 Å². The van der Waals surface area contributed by atoms with Crippen molar-refractivity contribution in [1.82, 2.24) is 15.4 Å². The number of H-pyrrole nitrogens is 1. The maximum atomic E-state index is 11.0. The molecule has 1 aromatic carbocycles. The molecule has 1 heterocycles. The molecule has 0 spiro atoms. The molecule has 0 bridgehead atoms. The smallest absolute Gasteiger partial charge is 0.490 e. The number of hydrogen-bond acceptors (Lipinski definition) is 6. The Hall–Kier alpha value is -2.76. The van der Waals surface area contributed by atoms with Gasteiger partial charge in [0.1, 0.15) is 5.75 Å². The summed E-state index contributed by atoms with van der Waals surface area (Å²) >= 11 is 1.26. The number of ether oxygens (including phenoxy) is 1. The van der Waals surface area contributed by atoms with Crippen LogP contribution in [0.5, 0.6) is 5.75 Å². The van der Waals surface area contributed by atoms with Crippen LogP contribution in [0.2, 0.25) is 0 Å². The molecule has 0 saturated heterocycles. The van der Waals surface area contributed by atoms with Crippen LogP contribution < -0.4 is 4.74 Å². The lowest BCUT2D eigenvalue weighted by molar-refractivity contribution is -0.192. The van der Waals surface area contributed by atoms with Crippen LogP contribution in [0.25, 0.3) is 0 Å². The van der Waals surface area contributed by atoms with E-state index in [1.54, 1.807) is 0 Å². The minimum atomic E-state index is -5.08. The van der Waals surface area contributed by atoms with Gasteiger partial charge in [0.2, 0.25) is 5.69 Å². The maximum absolute atomic E-state index is 11.0. The van der Waals surface area contributed by atoms with E-state index in [0.717, 1.165) is 23.5 Å². The molecule has 0 aliphatic heterocycles. The number of halogens is 3. The van der Waals surface area contributed by atoms with E-state index in [2.05, 4.69) is 15.4 Å². The number of nitrogens with zero attached hydrogens (tertiary/aromatic N) is 2. The number of hydrogen-bond donors (Lipinski definition) is 3. The van der Waals surface area contributed by atoms with Crippen LogP contribution >= 0.6 is 11.8 Å². The van der Waals surface area contributed by atoms with E-state index in [4.69, 9.17) is 19.7 Å². The van der Waals surface area contributed by atoms with Gasteiger partial charge in [0.25, 0.3) is 0 Å². The first kappa shape index (κ1) is 21.5. The lowest BCUT2D eigenvalue weighted by Crippen LogP contribution is -2.21. The Morgan fingerprint density at radius 1 is 1.18 bits per heavy atom. The SMILES string of the molecule is O=C(O)C(F)(F)F.O=C(O)c1n[nH]nc1Sc1cccc(OC2CCCC2)c1. The number of aromatic nitrogens is 3. The standard InChI is InChI=1S/C14H15N3O3S.C2HF3O2/c18-14(19)12-13(16-17-15-12)21-11-7-3-6-10(8-11)20-9-4-1-2-5-9;3-2(4,5)1(6)7/h3,6-9H,1-2,4-5H2,(H,18,19)(H,15,16,17);(H,6,7). The zero-order chi connectivity index (χ0) is 20.7. The number of aromatic amines is 1. The number of carboxylic acids is 2. The van der Waals surface area contributed by atoms with Crippen molar-refractivity contribution in [1.29, 1.82) is 0 Å². The fourth-order valence-corrected chi connectivity index (χ4v) is 3.21. The first-order valence-corrected chi connectivity index (χ1v) is 8.87. The quantitative estimate of drug-likeness (QED) is 0.671. The largest absolute Gasteiger partial charge is 0.490 e. The van der Waals surface area contributed by atoms with Gasteiger partial charge in [-0.25, -0.2) is 9.59 Å². The summed E-state index contributed by atoms with van der Waals surface area (Å²) in [7, 11) is 0. The highest BCUT2D eigenvalue weighted by Crippen LogP contribution is 2.31. The third-order valence-electron chi connectivity index (χ3n) is 3.59. The molecule has 1 aliphatic carbocycles. The lowest BCUT2D eigenvalue weighted by Gasteiger charge is -2.13. The highest BCUT2D eigenvalue weighted by molar-refractivity contribution is 7.99. The molecule has 28 heavy (non-hydrogen) atoms. The van der Waals surface area contributed by atoms with Gasteiger partial charge in [-0.3, -0.25) is 0 Å². The average Bonchev–Trinajstić information content (AvgIpc) is 3.27. The van der Waals surface area contributed by atoms with Crippen molar-refractivity contribution in [3.8, 4) is 5.75 Å². The minimum absolute atomic E-state index is 0.0675. The molecule has 8 nitrogen and oxygen atoms in total. The van der Waals surface area contributed by atoms with Gasteiger partial charge in [-0.05, 0) is 43.9 Å². The number of aromatic carboxylic acids is 1. The molecular weight excluding hydrogens is 403 g/mol. The molecule has 1 aromatic heterocycles. The van der Waals surface area contributed by atoms with E-state index in [1.807, 2.05) is 24.3 Å². The molecule has 0 radical (unpaired) electrons. The summed E-state index contributed by atoms with van der Waals surface area (Å²) < 4.78 is 37.7. The van der Waals surface area contributed by atoms with E-state index >= 15 is 0 Å². The number of benzene rings is 1. The molecule has 1 fully saturated rings. The third-order valence-corrected chi connectivity index (χ3v) is 4.55. The molecule has 12 heteroatoms. The van der Waals surface area contributed by atoms with Crippen LogP contribution in [-0.4, -0.2) is 49.8 Å². The van der Waals surface area contributed by atoms with Crippen molar-refractivity contribution in [2.75, 3.05) is 0 Å². The Morgan fingerprint density at radius 2 is 1.82 bits per heavy atom. The van der Waals surface area contributed by atoms with Crippen molar-refractivity contribution < 1.29 is 37.7 Å². The molecule has 152 valence electrons. The van der Waals surface area contributed by atoms with Crippen LogP contribution in [0, 0.1) is 0 Å². The van der Waals surface area contributed by atoms with Gasteiger partial charge in [0.05, 0.1) is 6.10 Å². The van der Waals surface area contributed by atoms with Gasteiger partial charge in [-0.2, -0.15) is 18.4 Å². The second kappa shape index (κ2) is 9.44.